The summed E-state index contributed by atoms with van der Waals surface area (Å²) in [6.07, 6.45) is 6.19. The summed E-state index contributed by atoms with van der Waals surface area (Å²) in [6, 6.07) is 9.53. The predicted octanol–water partition coefficient (Wildman–Crippen LogP) is 2.69. The number of benzene rings is 1. The van der Waals surface area contributed by atoms with Gasteiger partial charge in [-0.25, -0.2) is 0 Å². The van der Waals surface area contributed by atoms with E-state index >= 15 is 0 Å². The summed E-state index contributed by atoms with van der Waals surface area (Å²) in [5.74, 6) is 0.827. The third-order valence-electron chi connectivity index (χ3n) is 4.80. The summed E-state index contributed by atoms with van der Waals surface area (Å²) in [5, 5.41) is 13.0. The molecule has 0 saturated heterocycles. The molecule has 2 N–H and O–H groups in total. The second kappa shape index (κ2) is 5.13. The van der Waals surface area contributed by atoms with E-state index in [2.05, 4.69) is 10.3 Å². The summed E-state index contributed by atoms with van der Waals surface area (Å²) in [7, 11) is 0. The van der Waals surface area contributed by atoms with Crippen molar-refractivity contribution in [3.8, 4) is 5.75 Å². The molecule has 0 unspecified atom stereocenters. The quantitative estimate of drug-likeness (QED) is 0.915. The first-order chi connectivity index (χ1) is 10.7. The van der Waals surface area contributed by atoms with E-state index in [1.165, 1.54) is 0 Å². The van der Waals surface area contributed by atoms with Crippen LogP contribution in [0.3, 0.4) is 0 Å². The van der Waals surface area contributed by atoms with Crippen molar-refractivity contribution in [1.82, 2.24) is 10.3 Å². The summed E-state index contributed by atoms with van der Waals surface area (Å²) < 4.78 is 0. The molecule has 2 aromatic rings. The smallest absolute Gasteiger partial charge is 0.224 e. The molecule has 4 rings (SSSR count). The first-order valence-electron chi connectivity index (χ1n) is 7.75. The van der Waals surface area contributed by atoms with Gasteiger partial charge in [0.05, 0.1) is 6.04 Å². The molecule has 0 aliphatic heterocycles. The van der Waals surface area contributed by atoms with E-state index in [1.807, 2.05) is 30.5 Å². The SMILES string of the molecule is O=C(N[C@@H]1CCc2c(O)cccc21)[C@H]1C[C@H]1c1cccnc1. The molecule has 2 aliphatic carbocycles. The lowest BCUT2D eigenvalue weighted by molar-refractivity contribution is -0.123. The summed E-state index contributed by atoms with van der Waals surface area (Å²) in [4.78, 5) is 16.6. The molecule has 3 atom stereocenters. The van der Waals surface area contributed by atoms with Crippen molar-refractivity contribution in [3.05, 3.63) is 59.4 Å². The number of hydrogen-bond donors (Lipinski definition) is 2. The third kappa shape index (κ3) is 2.25. The van der Waals surface area contributed by atoms with E-state index < -0.39 is 0 Å². The van der Waals surface area contributed by atoms with E-state index in [9.17, 15) is 9.90 Å². The number of aromatic nitrogens is 1. The van der Waals surface area contributed by atoms with E-state index in [-0.39, 0.29) is 17.9 Å². The number of phenols is 1. The van der Waals surface area contributed by atoms with Gasteiger partial charge in [0.25, 0.3) is 0 Å². The molecular formula is C18H18N2O2. The summed E-state index contributed by atoms with van der Waals surface area (Å²) >= 11 is 0. The van der Waals surface area contributed by atoms with Crippen molar-refractivity contribution in [2.45, 2.75) is 31.2 Å². The van der Waals surface area contributed by atoms with Gasteiger partial charge in [0.1, 0.15) is 5.75 Å². The Labute approximate surface area is 129 Å². The number of carbonyl (C=O) groups is 1. The molecule has 2 aliphatic rings. The Balaban J connectivity index is 1.44. The van der Waals surface area contributed by atoms with E-state index in [0.29, 0.717) is 11.7 Å². The fourth-order valence-corrected chi connectivity index (χ4v) is 3.51. The van der Waals surface area contributed by atoms with Gasteiger partial charge in [-0.1, -0.05) is 18.2 Å². The highest BCUT2D eigenvalue weighted by molar-refractivity contribution is 5.83. The maximum absolute atomic E-state index is 12.4. The van der Waals surface area contributed by atoms with Crippen LogP contribution < -0.4 is 5.32 Å². The van der Waals surface area contributed by atoms with Crippen molar-refractivity contribution in [3.63, 3.8) is 0 Å². The molecule has 4 heteroatoms. The molecule has 1 aromatic heterocycles. The number of carbonyl (C=O) groups excluding carboxylic acids is 1. The lowest BCUT2D eigenvalue weighted by Gasteiger charge is -2.14. The highest BCUT2D eigenvalue weighted by Gasteiger charge is 2.44. The third-order valence-corrected chi connectivity index (χ3v) is 4.80. The number of fused-ring (bicyclic) bond motifs is 1. The normalized spacial score (nSPS) is 25.5. The van der Waals surface area contributed by atoms with Crippen LogP contribution in [0.4, 0.5) is 0 Å². The zero-order valence-electron chi connectivity index (χ0n) is 12.2. The van der Waals surface area contributed by atoms with Crippen LogP contribution in [-0.4, -0.2) is 16.0 Å². The van der Waals surface area contributed by atoms with Crippen molar-refractivity contribution in [2.24, 2.45) is 5.92 Å². The Bertz CT molecular complexity index is 714. The Morgan fingerprint density at radius 1 is 1.27 bits per heavy atom. The second-order valence-corrected chi connectivity index (χ2v) is 6.18. The number of nitrogens with zero attached hydrogens (tertiary/aromatic N) is 1. The largest absolute Gasteiger partial charge is 0.508 e. The Kier molecular flexibility index (Phi) is 3.10. The first kappa shape index (κ1) is 13.3. The van der Waals surface area contributed by atoms with Crippen molar-refractivity contribution in [2.75, 3.05) is 0 Å². The maximum atomic E-state index is 12.4. The van der Waals surface area contributed by atoms with Crippen LogP contribution >= 0.6 is 0 Å². The van der Waals surface area contributed by atoms with Crippen LogP contribution in [0.15, 0.2) is 42.7 Å². The van der Waals surface area contributed by atoms with Crippen LogP contribution in [0, 0.1) is 5.92 Å². The van der Waals surface area contributed by atoms with Gasteiger partial charge >= 0.3 is 0 Å². The van der Waals surface area contributed by atoms with E-state index in [0.717, 1.165) is 36.0 Å². The maximum Gasteiger partial charge on any atom is 0.224 e. The van der Waals surface area contributed by atoms with Crippen LogP contribution in [0.25, 0.3) is 0 Å². The average molecular weight is 294 g/mol. The van der Waals surface area contributed by atoms with Gasteiger partial charge in [-0.15, -0.1) is 0 Å². The van der Waals surface area contributed by atoms with Gasteiger partial charge < -0.3 is 10.4 Å². The molecular weight excluding hydrogens is 276 g/mol. The fourth-order valence-electron chi connectivity index (χ4n) is 3.51. The number of hydrogen-bond acceptors (Lipinski definition) is 3. The molecule has 22 heavy (non-hydrogen) atoms. The fraction of sp³-hybridized carbons (Fsp3) is 0.333. The highest BCUT2D eigenvalue weighted by atomic mass is 16.3. The molecule has 1 fully saturated rings. The Morgan fingerprint density at radius 3 is 3.00 bits per heavy atom. The van der Waals surface area contributed by atoms with Gasteiger partial charge in [0.15, 0.2) is 0 Å². The number of pyridine rings is 1. The minimum absolute atomic E-state index is 0.0322. The molecule has 0 radical (unpaired) electrons. The molecule has 0 spiro atoms. The zero-order valence-corrected chi connectivity index (χ0v) is 12.2. The van der Waals surface area contributed by atoms with Gasteiger partial charge in [0, 0.05) is 18.3 Å². The topological polar surface area (TPSA) is 62.2 Å². The number of rotatable bonds is 3. The number of amides is 1. The van der Waals surface area contributed by atoms with Crippen LogP contribution in [0.5, 0.6) is 5.75 Å². The minimum atomic E-state index is 0.0322. The number of phenolic OH excluding ortho intramolecular Hbond substituents is 1. The average Bonchev–Trinajstić information content (AvgIpc) is 3.25. The van der Waals surface area contributed by atoms with Crippen LogP contribution in [0.2, 0.25) is 0 Å². The minimum Gasteiger partial charge on any atom is -0.508 e. The van der Waals surface area contributed by atoms with Gasteiger partial charge in [-0.05, 0) is 54.0 Å². The monoisotopic (exact) mass is 294 g/mol. The molecule has 1 heterocycles. The number of nitrogens with one attached hydrogen (secondary N) is 1. The van der Waals surface area contributed by atoms with Gasteiger partial charge in [-0.2, -0.15) is 0 Å². The molecule has 1 saturated carbocycles. The van der Waals surface area contributed by atoms with Crippen molar-refractivity contribution in [1.29, 1.82) is 0 Å². The van der Waals surface area contributed by atoms with Crippen molar-refractivity contribution < 1.29 is 9.90 Å². The van der Waals surface area contributed by atoms with E-state index in [4.69, 9.17) is 0 Å². The Hall–Kier alpha value is -2.36. The summed E-state index contributed by atoms with van der Waals surface area (Å²) in [6.45, 7) is 0. The predicted molar refractivity (Wildman–Crippen MR) is 82.4 cm³/mol. The standard InChI is InChI=1S/C18H18N2O2/c21-17-5-1-4-12-13(17)6-7-16(12)20-18(22)15-9-14(15)11-3-2-8-19-10-11/h1-5,8,10,14-16,21H,6-7,9H2,(H,20,22)/t14-,15-,16+/m0/s1. The molecule has 112 valence electrons. The first-order valence-corrected chi connectivity index (χ1v) is 7.75. The lowest BCUT2D eigenvalue weighted by Crippen LogP contribution is -2.28. The molecule has 4 nitrogen and oxygen atoms in total. The van der Waals surface area contributed by atoms with Crippen molar-refractivity contribution >= 4 is 5.91 Å². The van der Waals surface area contributed by atoms with E-state index in [1.54, 1.807) is 12.3 Å². The molecule has 1 aromatic carbocycles. The lowest BCUT2D eigenvalue weighted by atomic mass is 10.1. The van der Waals surface area contributed by atoms with Gasteiger partial charge in [0.2, 0.25) is 5.91 Å². The number of aromatic hydroxyl groups is 1. The highest BCUT2D eigenvalue weighted by Crippen LogP contribution is 2.48. The van der Waals surface area contributed by atoms with Gasteiger partial charge in [-0.3, -0.25) is 9.78 Å². The summed E-state index contributed by atoms with van der Waals surface area (Å²) in [5.41, 5.74) is 3.19. The Morgan fingerprint density at radius 2 is 2.18 bits per heavy atom. The second-order valence-electron chi connectivity index (χ2n) is 6.18. The molecule has 0 bridgehead atoms. The molecule has 1 amide bonds. The zero-order chi connectivity index (χ0) is 15.1. The van der Waals surface area contributed by atoms with Crippen LogP contribution in [-0.2, 0) is 11.2 Å². The van der Waals surface area contributed by atoms with Crippen LogP contribution in [0.1, 0.15) is 41.5 Å².